The minimum absolute atomic E-state index is 0.0350. The summed E-state index contributed by atoms with van der Waals surface area (Å²) in [6, 6.07) is 4.13. The molecule has 0 unspecified atom stereocenters. The van der Waals surface area contributed by atoms with Gasteiger partial charge in [0.25, 0.3) is 0 Å². The number of benzene rings is 2. The molecule has 0 N–H and O–H groups in total. The summed E-state index contributed by atoms with van der Waals surface area (Å²) in [4.78, 5) is -0.418. The van der Waals surface area contributed by atoms with E-state index in [1.807, 2.05) is 0 Å². The van der Waals surface area contributed by atoms with Crippen molar-refractivity contribution in [3.63, 3.8) is 0 Å². The van der Waals surface area contributed by atoms with E-state index in [4.69, 9.17) is 69.6 Å². The smallest absolute Gasteiger partial charge is 0.207 e. The Morgan fingerprint density at radius 2 is 1.10 bits per heavy atom. The second-order valence-electron chi connectivity index (χ2n) is 6.72. The number of rotatable bonds is 4. The zero-order chi connectivity index (χ0) is 23.3. The van der Waals surface area contributed by atoms with Crippen LogP contribution in [0.3, 0.4) is 0 Å². The van der Waals surface area contributed by atoms with Crippen molar-refractivity contribution in [2.75, 3.05) is 19.6 Å². The summed E-state index contributed by atoms with van der Waals surface area (Å²) in [5, 5.41) is 0.140. The zero-order valence-corrected chi connectivity index (χ0v) is 21.8. The predicted octanol–water partition coefficient (Wildman–Crippen LogP) is 5.69. The highest BCUT2D eigenvalue weighted by molar-refractivity contribution is 7.89. The Balaban J connectivity index is 1.90. The molecule has 170 valence electrons. The number of halogens is 6. The highest BCUT2D eigenvalue weighted by atomic mass is 35.5. The Morgan fingerprint density at radius 1 is 0.677 bits per heavy atom. The molecule has 6 nitrogen and oxygen atoms in total. The van der Waals surface area contributed by atoms with Gasteiger partial charge in [0.05, 0.1) is 30.1 Å². The minimum atomic E-state index is -4.06. The van der Waals surface area contributed by atoms with Crippen LogP contribution in [0.2, 0.25) is 30.1 Å². The van der Waals surface area contributed by atoms with E-state index in [1.165, 1.54) is 28.6 Å². The summed E-state index contributed by atoms with van der Waals surface area (Å²) in [7, 11) is -8.11. The lowest BCUT2D eigenvalue weighted by Crippen LogP contribution is -2.55. The fourth-order valence-corrected chi connectivity index (χ4v) is 8.23. The molecule has 2 aromatic rings. The Hall–Kier alpha value is -0.000000000000000222. The third-order valence-electron chi connectivity index (χ3n) is 4.68. The van der Waals surface area contributed by atoms with Gasteiger partial charge in [0.2, 0.25) is 20.0 Å². The zero-order valence-electron chi connectivity index (χ0n) is 15.6. The molecule has 14 heteroatoms. The van der Waals surface area contributed by atoms with Crippen molar-refractivity contribution in [3.8, 4) is 0 Å². The Bertz CT molecular complexity index is 1250. The van der Waals surface area contributed by atoms with E-state index in [0.29, 0.717) is 0 Å². The van der Waals surface area contributed by atoms with Gasteiger partial charge in [0, 0.05) is 25.7 Å². The Labute approximate surface area is 210 Å². The van der Waals surface area contributed by atoms with Crippen molar-refractivity contribution in [1.82, 2.24) is 8.61 Å². The second-order valence-corrected chi connectivity index (χ2v) is 12.9. The molecule has 0 saturated carbocycles. The maximum Gasteiger partial charge on any atom is 0.244 e. The summed E-state index contributed by atoms with van der Waals surface area (Å²) in [6.07, 6.45) is 0. The molecule has 0 amide bonds. The lowest BCUT2D eigenvalue weighted by Gasteiger charge is -2.38. The minimum Gasteiger partial charge on any atom is -0.207 e. The van der Waals surface area contributed by atoms with Crippen molar-refractivity contribution in [3.05, 3.63) is 54.4 Å². The predicted molar refractivity (Wildman–Crippen MR) is 125 cm³/mol. The quantitative estimate of drug-likeness (QED) is 0.431. The number of hydrogen-bond donors (Lipinski definition) is 0. The summed E-state index contributed by atoms with van der Waals surface area (Å²) in [6.45, 7) is 1.25. The van der Waals surface area contributed by atoms with E-state index in [-0.39, 0.29) is 59.6 Å². The standard InChI is InChI=1S/C17H14Cl6N2O4S2/c1-9-8-24(30(26,27)16-6-12(20)10(18)4-14(16)22)2-3-25(9)31(28,29)17-7-13(21)11(19)5-15(17)23/h4-7,9H,2-3,8H2,1H3/t9-/m1/s1. The average Bonchev–Trinajstić information content (AvgIpc) is 2.66. The molecule has 1 fully saturated rings. The summed E-state index contributed by atoms with van der Waals surface area (Å²) in [5.74, 6) is 0. The highest BCUT2D eigenvalue weighted by Gasteiger charge is 2.39. The number of hydrogen-bond acceptors (Lipinski definition) is 4. The largest absolute Gasteiger partial charge is 0.244 e. The van der Waals surface area contributed by atoms with Gasteiger partial charge in [-0.2, -0.15) is 8.61 Å². The van der Waals surface area contributed by atoms with Gasteiger partial charge >= 0.3 is 0 Å². The third kappa shape index (κ3) is 4.94. The van der Waals surface area contributed by atoms with E-state index in [1.54, 1.807) is 6.92 Å². The topological polar surface area (TPSA) is 74.8 Å². The van der Waals surface area contributed by atoms with E-state index in [0.717, 1.165) is 4.31 Å². The first-order chi connectivity index (χ1) is 14.3. The van der Waals surface area contributed by atoms with Crippen LogP contribution in [0.15, 0.2) is 34.1 Å². The molecule has 3 rings (SSSR count). The molecule has 0 aliphatic carbocycles. The number of nitrogens with zero attached hydrogens (tertiary/aromatic N) is 2. The van der Waals surface area contributed by atoms with Crippen LogP contribution in [0, 0.1) is 0 Å². The Morgan fingerprint density at radius 3 is 1.55 bits per heavy atom. The number of sulfonamides is 2. The molecule has 2 aromatic carbocycles. The van der Waals surface area contributed by atoms with Gasteiger partial charge in [-0.05, 0) is 31.2 Å². The second kappa shape index (κ2) is 9.33. The van der Waals surface area contributed by atoms with Gasteiger partial charge in [-0.3, -0.25) is 0 Å². The van der Waals surface area contributed by atoms with Crippen LogP contribution >= 0.6 is 69.6 Å². The fourth-order valence-electron chi connectivity index (χ4n) is 3.15. The Kier molecular flexibility index (Phi) is 7.71. The summed E-state index contributed by atoms with van der Waals surface area (Å²) in [5.41, 5.74) is 0. The average molecular weight is 587 g/mol. The van der Waals surface area contributed by atoms with Crippen LogP contribution in [0.4, 0.5) is 0 Å². The summed E-state index contributed by atoms with van der Waals surface area (Å²) >= 11 is 35.8. The van der Waals surface area contributed by atoms with E-state index >= 15 is 0 Å². The SMILES string of the molecule is C[C@@H]1CN(S(=O)(=O)c2cc(Cl)c(Cl)cc2Cl)CCN1S(=O)(=O)c1cc(Cl)c(Cl)cc1Cl. The molecule has 1 heterocycles. The van der Waals surface area contributed by atoms with E-state index in [9.17, 15) is 16.8 Å². The van der Waals surface area contributed by atoms with Crippen LogP contribution in [0.5, 0.6) is 0 Å². The van der Waals surface area contributed by atoms with E-state index in [2.05, 4.69) is 0 Å². The lowest BCUT2D eigenvalue weighted by molar-refractivity contribution is 0.212. The monoisotopic (exact) mass is 584 g/mol. The van der Waals surface area contributed by atoms with Crippen molar-refractivity contribution in [2.24, 2.45) is 0 Å². The first kappa shape index (κ1) is 25.6. The van der Waals surface area contributed by atoms with Gasteiger partial charge in [-0.15, -0.1) is 0 Å². The highest BCUT2D eigenvalue weighted by Crippen LogP contribution is 2.36. The van der Waals surface area contributed by atoms with Crippen molar-refractivity contribution < 1.29 is 16.8 Å². The van der Waals surface area contributed by atoms with Gasteiger partial charge in [-0.25, -0.2) is 16.8 Å². The molecular weight excluding hydrogens is 573 g/mol. The molecule has 0 aromatic heterocycles. The third-order valence-corrected chi connectivity index (χ3v) is 10.9. The van der Waals surface area contributed by atoms with Crippen LogP contribution in [-0.2, 0) is 20.0 Å². The van der Waals surface area contributed by atoms with Gasteiger partial charge in [0.1, 0.15) is 9.79 Å². The van der Waals surface area contributed by atoms with Gasteiger partial charge in [0.15, 0.2) is 0 Å². The molecular formula is C17H14Cl6N2O4S2. The fraction of sp³-hybridized carbons (Fsp3) is 0.294. The number of piperazine rings is 1. The molecule has 1 aliphatic heterocycles. The molecule has 0 radical (unpaired) electrons. The van der Waals surface area contributed by atoms with Crippen molar-refractivity contribution >= 4 is 89.7 Å². The van der Waals surface area contributed by atoms with Crippen molar-refractivity contribution in [2.45, 2.75) is 22.8 Å². The van der Waals surface area contributed by atoms with Gasteiger partial charge in [-0.1, -0.05) is 69.6 Å². The molecule has 1 atom stereocenters. The van der Waals surface area contributed by atoms with Crippen LogP contribution in [0.1, 0.15) is 6.92 Å². The molecule has 0 spiro atoms. The van der Waals surface area contributed by atoms with Crippen LogP contribution in [0.25, 0.3) is 0 Å². The maximum absolute atomic E-state index is 13.2. The molecule has 31 heavy (non-hydrogen) atoms. The molecule has 0 bridgehead atoms. The van der Waals surface area contributed by atoms with Crippen molar-refractivity contribution in [1.29, 1.82) is 0 Å². The van der Waals surface area contributed by atoms with E-state index < -0.39 is 26.1 Å². The van der Waals surface area contributed by atoms with Crippen LogP contribution < -0.4 is 0 Å². The lowest BCUT2D eigenvalue weighted by atomic mass is 10.3. The normalized spacial score (nSPS) is 19.0. The summed E-state index contributed by atoms with van der Waals surface area (Å²) < 4.78 is 54.8. The molecule has 1 saturated heterocycles. The first-order valence-corrected chi connectivity index (χ1v) is 13.7. The van der Waals surface area contributed by atoms with Gasteiger partial charge < -0.3 is 0 Å². The first-order valence-electron chi connectivity index (χ1n) is 8.58. The van der Waals surface area contributed by atoms with Crippen LogP contribution in [-0.4, -0.2) is 51.1 Å². The maximum atomic E-state index is 13.2. The molecule has 1 aliphatic rings.